The Morgan fingerprint density at radius 2 is 2.15 bits per heavy atom. The van der Waals surface area contributed by atoms with Crippen LogP contribution in [0.5, 0.6) is 5.75 Å². The number of hydrogen-bond donors (Lipinski definition) is 2. The molecular formula is C19H23N4O2S+. The molecule has 7 heteroatoms. The molecule has 0 spiro atoms. The fourth-order valence-corrected chi connectivity index (χ4v) is 4.71. The molecule has 0 saturated carbocycles. The van der Waals surface area contributed by atoms with Gasteiger partial charge in [0.15, 0.2) is 5.82 Å². The van der Waals surface area contributed by atoms with Gasteiger partial charge in [0.05, 0.1) is 23.9 Å². The monoisotopic (exact) mass is 371 g/mol. The summed E-state index contributed by atoms with van der Waals surface area (Å²) in [5, 5.41) is 0.690. The van der Waals surface area contributed by atoms with E-state index in [9.17, 15) is 4.79 Å². The highest BCUT2D eigenvalue weighted by molar-refractivity contribution is 7.18. The lowest BCUT2D eigenvalue weighted by Crippen LogP contribution is -3.08. The molecule has 3 heterocycles. The van der Waals surface area contributed by atoms with Crippen LogP contribution in [0.1, 0.15) is 27.4 Å². The summed E-state index contributed by atoms with van der Waals surface area (Å²) in [6.45, 7) is 6.23. The Labute approximate surface area is 155 Å². The molecular weight excluding hydrogens is 348 g/mol. The smallest absolute Gasteiger partial charge is 0.281 e. The Kier molecular flexibility index (Phi) is 4.20. The van der Waals surface area contributed by atoms with E-state index in [4.69, 9.17) is 10.6 Å². The predicted molar refractivity (Wildman–Crippen MR) is 103 cm³/mol. The lowest BCUT2D eigenvalue weighted by molar-refractivity contribution is -0.895. The second-order valence-corrected chi connectivity index (χ2v) is 8.14. The molecule has 2 aromatic heterocycles. The van der Waals surface area contributed by atoms with Crippen molar-refractivity contribution >= 4 is 21.6 Å². The van der Waals surface area contributed by atoms with Gasteiger partial charge in [-0.3, -0.25) is 4.79 Å². The molecule has 1 aromatic carbocycles. The predicted octanol–water partition coefficient (Wildman–Crippen LogP) is 0.938. The van der Waals surface area contributed by atoms with Crippen molar-refractivity contribution in [1.82, 2.24) is 9.66 Å². The van der Waals surface area contributed by atoms with Crippen molar-refractivity contribution in [2.75, 3.05) is 19.4 Å². The van der Waals surface area contributed by atoms with Crippen molar-refractivity contribution < 1.29 is 9.64 Å². The highest BCUT2D eigenvalue weighted by atomic mass is 32.1. The maximum absolute atomic E-state index is 12.8. The molecule has 0 aliphatic carbocycles. The van der Waals surface area contributed by atoms with Gasteiger partial charge in [0.2, 0.25) is 0 Å². The number of nitrogen functional groups attached to an aromatic ring is 1. The maximum atomic E-state index is 12.8. The van der Waals surface area contributed by atoms with E-state index in [1.165, 1.54) is 15.3 Å². The van der Waals surface area contributed by atoms with Crippen LogP contribution in [-0.2, 0) is 19.6 Å². The Balaban J connectivity index is 1.68. The van der Waals surface area contributed by atoms with E-state index in [-0.39, 0.29) is 12.2 Å². The molecule has 0 fully saturated rings. The zero-order valence-corrected chi connectivity index (χ0v) is 16.1. The second kappa shape index (κ2) is 6.41. The number of nitrogens with two attached hydrogens (primary N) is 1. The van der Waals surface area contributed by atoms with Gasteiger partial charge in [0.1, 0.15) is 23.7 Å². The van der Waals surface area contributed by atoms with Crippen molar-refractivity contribution in [1.29, 1.82) is 0 Å². The quantitative estimate of drug-likeness (QED) is 0.672. The molecule has 6 nitrogen and oxygen atoms in total. The maximum Gasteiger partial charge on any atom is 0.281 e. The van der Waals surface area contributed by atoms with Crippen LogP contribution >= 0.6 is 11.3 Å². The van der Waals surface area contributed by atoms with Crippen molar-refractivity contribution in [2.45, 2.75) is 33.4 Å². The summed E-state index contributed by atoms with van der Waals surface area (Å²) in [4.78, 5) is 20.9. The van der Waals surface area contributed by atoms with Crippen LogP contribution in [0.25, 0.3) is 10.2 Å². The van der Waals surface area contributed by atoms with Gasteiger partial charge in [-0.05, 0) is 42.7 Å². The summed E-state index contributed by atoms with van der Waals surface area (Å²) in [5.41, 5.74) is 3.33. The van der Waals surface area contributed by atoms with Crippen LogP contribution in [0, 0.1) is 13.8 Å². The molecule has 1 aliphatic rings. The van der Waals surface area contributed by atoms with Gasteiger partial charge in [-0.1, -0.05) is 6.07 Å². The van der Waals surface area contributed by atoms with Crippen molar-refractivity contribution in [3.63, 3.8) is 0 Å². The van der Waals surface area contributed by atoms with E-state index in [1.54, 1.807) is 11.3 Å². The molecule has 3 N–H and O–H groups in total. The van der Waals surface area contributed by atoms with E-state index in [0.29, 0.717) is 11.2 Å². The first-order valence-electron chi connectivity index (χ1n) is 8.76. The number of nitrogens with one attached hydrogen (secondary N) is 1. The summed E-state index contributed by atoms with van der Waals surface area (Å²) in [5.74, 6) is 7.24. The largest absolute Gasteiger partial charge is 0.486 e. The molecule has 4 rings (SSSR count). The second-order valence-electron chi connectivity index (χ2n) is 7.06. The van der Waals surface area contributed by atoms with E-state index < -0.39 is 0 Å². The molecule has 1 unspecified atom stereocenters. The van der Waals surface area contributed by atoms with E-state index in [2.05, 4.69) is 19.0 Å². The lowest BCUT2D eigenvalue weighted by Gasteiger charge is -2.19. The zero-order valence-electron chi connectivity index (χ0n) is 15.3. The van der Waals surface area contributed by atoms with E-state index in [1.807, 2.05) is 25.1 Å². The van der Waals surface area contributed by atoms with Crippen molar-refractivity contribution in [3.8, 4) is 5.75 Å². The Hall–Kier alpha value is -2.38. The van der Waals surface area contributed by atoms with Crippen LogP contribution in [0.4, 0.5) is 0 Å². The number of likely N-dealkylation sites (N-methyl/N-ethyl adjacent to an activating group) is 1. The summed E-state index contributed by atoms with van der Waals surface area (Å²) in [6, 6.07) is 5.92. The Morgan fingerprint density at radius 3 is 2.92 bits per heavy atom. The number of ether oxygens (including phenoxy) is 1. The molecule has 3 aromatic rings. The number of rotatable bonds is 3. The average molecular weight is 371 g/mol. The first-order chi connectivity index (χ1) is 12.4. The number of quaternary nitrogens is 1. The minimum Gasteiger partial charge on any atom is -0.486 e. The van der Waals surface area contributed by atoms with Crippen LogP contribution in [-0.4, -0.2) is 23.3 Å². The third kappa shape index (κ3) is 2.87. The van der Waals surface area contributed by atoms with Gasteiger partial charge in [0, 0.05) is 6.42 Å². The van der Waals surface area contributed by atoms with Gasteiger partial charge in [0.25, 0.3) is 5.56 Å². The zero-order chi connectivity index (χ0) is 18.4. The van der Waals surface area contributed by atoms with E-state index >= 15 is 0 Å². The lowest BCUT2D eigenvalue weighted by atomic mass is 10.1. The molecule has 1 atom stereocenters. The topological polar surface area (TPSA) is 74.6 Å². The number of benzene rings is 1. The number of thiophene rings is 1. The van der Waals surface area contributed by atoms with Crippen LogP contribution in [0.3, 0.4) is 0 Å². The molecule has 1 aliphatic heterocycles. The minimum atomic E-state index is -0.175. The fraction of sp³-hybridized carbons (Fsp3) is 0.368. The fourth-order valence-electron chi connectivity index (χ4n) is 3.37. The van der Waals surface area contributed by atoms with Crippen molar-refractivity contribution in [2.24, 2.45) is 0 Å². The third-order valence-corrected chi connectivity index (χ3v) is 6.25. The van der Waals surface area contributed by atoms with Crippen LogP contribution < -0.4 is 21.0 Å². The SMILES string of the molecule is Cc1ccc(OCc2nc3sc4c(c3c(=O)n2N)CC[NH+](C)C4)cc1C. The summed E-state index contributed by atoms with van der Waals surface area (Å²) >= 11 is 1.61. The van der Waals surface area contributed by atoms with Gasteiger partial charge >= 0.3 is 0 Å². The number of fused-ring (bicyclic) bond motifs is 3. The highest BCUT2D eigenvalue weighted by Crippen LogP contribution is 2.29. The number of aryl methyl sites for hydroxylation is 2. The molecule has 0 amide bonds. The van der Waals surface area contributed by atoms with Gasteiger partial charge < -0.3 is 15.5 Å². The molecule has 0 saturated heterocycles. The molecule has 0 radical (unpaired) electrons. The normalized spacial score (nSPS) is 16.7. The van der Waals surface area contributed by atoms with Crippen LogP contribution in [0.2, 0.25) is 0 Å². The Morgan fingerprint density at radius 1 is 1.35 bits per heavy atom. The Bertz CT molecular complexity index is 1050. The summed E-state index contributed by atoms with van der Waals surface area (Å²) in [7, 11) is 2.17. The van der Waals surface area contributed by atoms with Crippen LogP contribution in [0.15, 0.2) is 23.0 Å². The minimum absolute atomic E-state index is 0.165. The first-order valence-corrected chi connectivity index (χ1v) is 9.58. The summed E-state index contributed by atoms with van der Waals surface area (Å²) in [6.07, 6.45) is 0.899. The van der Waals surface area contributed by atoms with Gasteiger partial charge in [-0.2, -0.15) is 0 Å². The molecule has 136 valence electrons. The molecule has 26 heavy (non-hydrogen) atoms. The third-order valence-electron chi connectivity index (χ3n) is 5.12. The number of nitrogens with zero attached hydrogens (tertiary/aromatic N) is 2. The standard InChI is InChI=1S/C19H22N4O2S/c1-11-4-5-13(8-12(11)2)25-10-16-21-18-17(19(24)23(16)20)14-6-7-22(3)9-15(14)26-18/h4-5,8H,6-7,9-10,20H2,1-3H3/p+1. The van der Waals surface area contributed by atoms with Gasteiger partial charge in [-0.15, -0.1) is 11.3 Å². The number of aromatic nitrogens is 2. The van der Waals surface area contributed by atoms with Crippen molar-refractivity contribution in [3.05, 3.63) is 55.9 Å². The summed E-state index contributed by atoms with van der Waals surface area (Å²) < 4.78 is 6.97. The first kappa shape index (κ1) is 17.1. The van der Waals surface area contributed by atoms with Gasteiger partial charge in [-0.25, -0.2) is 9.66 Å². The number of hydrogen-bond acceptors (Lipinski definition) is 5. The molecule has 0 bridgehead atoms. The van der Waals surface area contributed by atoms with E-state index in [0.717, 1.165) is 45.9 Å². The highest BCUT2D eigenvalue weighted by Gasteiger charge is 2.25. The average Bonchev–Trinajstić information content (AvgIpc) is 2.97.